The number of H-pyrrole nitrogens is 2. The Balaban J connectivity index is 1.43. The Morgan fingerprint density at radius 3 is 2.79 bits per heavy atom. The molecule has 0 radical (unpaired) electrons. The van der Waals surface area contributed by atoms with Gasteiger partial charge in [0.05, 0.1) is 20.0 Å². The van der Waals surface area contributed by atoms with Crippen LogP contribution in [-0.4, -0.2) is 47.0 Å². The van der Waals surface area contributed by atoms with E-state index in [-0.39, 0.29) is 12.6 Å². The Labute approximate surface area is 198 Å². The lowest BCUT2D eigenvalue weighted by Gasteiger charge is -2.37. The van der Waals surface area contributed by atoms with Gasteiger partial charge in [-0.1, -0.05) is 12.1 Å². The predicted octanol–water partition coefficient (Wildman–Crippen LogP) is 5.60. The molecular formula is C28H29FN4O. The number of fused-ring (bicyclic) bond motifs is 2. The van der Waals surface area contributed by atoms with E-state index < -0.39 is 0 Å². The summed E-state index contributed by atoms with van der Waals surface area (Å²) in [5.74, 6) is 1.11. The number of nitrogens with zero attached hydrogens (tertiary/aromatic N) is 2. The number of hydrogen-bond donors (Lipinski definition) is 2. The predicted molar refractivity (Wildman–Crippen MR) is 133 cm³/mol. The first-order chi connectivity index (χ1) is 16.7. The first-order valence-corrected chi connectivity index (χ1v) is 12.0. The smallest absolute Gasteiger partial charge is 0.119 e. The second kappa shape index (κ2) is 8.76. The van der Waals surface area contributed by atoms with Gasteiger partial charge < -0.3 is 9.72 Å². The number of methoxy groups -OCH3 is 1. The summed E-state index contributed by atoms with van der Waals surface area (Å²) in [6.07, 6.45) is 7.01. The summed E-state index contributed by atoms with van der Waals surface area (Å²) < 4.78 is 18.3. The second-order valence-corrected chi connectivity index (χ2v) is 9.53. The van der Waals surface area contributed by atoms with Gasteiger partial charge in [0.25, 0.3) is 0 Å². The number of ether oxygens (including phenoxy) is 1. The lowest BCUT2D eigenvalue weighted by molar-refractivity contribution is 0.0728. The minimum atomic E-state index is -0.214. The highest BCUT2D eigenvalue weighted by Gasteiger charge is 2.27. The Morgan fingerprint density at radius 2 is 2.00 bits per heavy atom. The van der Waals surface area contributed by atoms with Gasteiger partial charge in [-0.15, -0.1) is 0 Å². The number of likely N-dealkylation sites (tertiary alicyclic amines) is 1. The van der Waals surface area contributed by atoms with Gasteiger partial charge in [0, 0.05) is 53.9 Å². The number of alkyl halides is 1. The maximum Gasteiger partial charge on any atom is 0.119 e. The molecule has 6 heteroatoms. The van der Waals surface area contributed by atoms with Gasteiger partial charge in [0.15, 0.2) is 0 Å². The molecule has 5 nitrogen and oxygen atoms in total. The molecule has 0 unspecified atom stereocenters. The van der Waals surface area contributed by atoms with Crippen LogP contribution in [0.2, 0.25) is 0 Å². The van der Waals surface area contributed by atoms with E-state index in [4.69, 9.17) is 4.74 Å². The van der Waals surface area contributed by atoms with E-state index in [0.717, 1.165) is 55.7 Å². The first-order valence-electron chi connectivity index (χ1n) is 12.0. The zero-order chi connectivity index (χ0) is 23.1. The molecule has 4 aromatic rings. The normalized spacial score (nSPS) is 17.0. The highest BCUT2D eigenvalue weighted by Crippen LogP contribution is 2.41. The van der Waals surface area contributed by atoms with Crippen molar-refractivity contribution in [2.75, 3.05) is 26.9 Å². The van der Waals surface area contributed by atoms with Crippen molar-refractivity contribution in [2.45, 2.75) is 25.8 Å². The number of nitrogens with one attached hydrogen (secondary N) is 2. The molecule has 0 spiro atoms. The van der Waals surface area contributed by atoms with Gasteiger partial charge in [0.2, 0.25) is 0 Å². The van der Waals surface area contributed by atoms with Crippen LogP contribution in [0.15, 0.2) is 54.9 Å². The molecule has 1 aliphatic carbocycles. The van der Waals surface area contributed by atoms with Crippen LogP contribution in [-0.2, 0) is 13.0 Å². The molecule has 174 valence electrons. The molecule has 0 amide bonds. The van der Waals surface area contributed by atoms with Gasteiger partial charge >= 0.3 is 0 Å². The number of halogens is 1. The zero-order valence-corrected chi connectivity index (χ0v) is 19.4. The van der Waals surface area contributed by atoms with Crippen molar-refractivity contribution in [3.05, 3.63) is 82.8 Å². The Kier molecular flexibility index (Phi) is 5.46. The number of rotatable bonds is 6. The maximum absolute atomic E-state index is 12.8. The SMILES string of the molecule is COc1ccc2c(c1)CCCC(c1cn[nH]c1)=C2c1ccc2[nH]c(CN3CC(CF)C3)cc2c1. The minimum absolute atomic E-state index is 0.207. The van der Waals surface area contributed by atoms with Gasteiger partial charge in [0.1, 0.15) is 5.75 Å². The molecule has 0 bridgehead atoms. The zero-order valence-electron chi connectivity index (χ0n) is 19.4. The standard InChI is InChI=1S/C28H29FN4O/c1-34-24-6-7-26-19(11-24)3-2-4-25(22-13-30-31-14-22)28(26)20-5-8-27-21(9-20)10-23(32-27)17-33-15-18(12-29)16-33/h5-11,13-14,18,32H,2-4,12,15-17H2,1H3,(H,30,31). The molecule has 0 atom stereocenters. The van der Waals surface area contributed by atoms with Crippen molar-refractivity contribution in [1.29, 1.82) is 0 Å². The van der Waals surface area contributed by atoms with Crippen molar-refractivity contribution in [3.63, 3.8) is 0 Å². The molecule has 2 aromatic carbocycles. The Bertz CT molecular complexity index is 1350. The van der Waals surface area contributed by atoms with E-state index in [0.29, 0.717) is 0 Å². The van der Waals surface area contributed by atoms with E-state index in [9.17, 15) is 4.39 Å². The largest absolute Gasteiger partial charge is 0.497 e. The third-order valence-corrected chi connectivity index (χ3v) is 7.21. The molecular weight excluding hydrogens is 427 g/mol. The molecule has 0 saturated carbocycles. The molecule has 1 saturated heterocycles. The van der Waals surface area contributed by atoms with E-state index >= 15 is 0 Å². The van der Waals surface area contributed by atoms with Crippen LogP contribution in [0.5, 0.6) is 5.75 Å². The number of allylic oxidation sites excluding steroid dienone is 1. The lowest BCUT2D eigenvalue weighted by Crippen LogP contribution is -2.46. The van der Waals surface area contributed by atoms with Crippen LogP contribution >= 0.6 is 0 Å². The molecule has 2 N–H and O–H groups in total. The number of hydrogen-bond acceptors (Lipinski definition) is 3. The summed E-state index contributed by atoms with van der Waals surface area (Å²) >= 11 is 0. The van der Waals surface area contributed by atoms with E-state index in [1.165, 1.54) is 38.9 Å². The fraction of sp³-hybridized carbons (Fsp3) is 0.321. The van der Waals surface area contributed by atoms with Crippen molar-refractivity contribution in [1.82, 2.24) is 20.1 Å². The molecule has 2 aromatic heterocycles. The van der Waals surface area contributed by atoms with Gasteiger partial charge in [-0.3, -0.25) is 14.4 Å². The number of benzene rings is 2. The fourth-order valence-electron chi connectivity index (χ4n) is 5.50. The van der Waals surface area contributed by atoms with Crippen LogP contribution in [0.4, 0.5) is 4.39 Å². The third kappa shape index (κ3) is 3.82. The molecule has 3 heterocycles. The summed E-state index contributed by atoms with van der Waals surface area (Å²) in [6, 6.07) is 15.4. The van der Waals surface area contributed by atoms with E-state index in [1.807, 2.05) is 12.4 Å². The van der Waals surface area contributed by atoms with Crippen LogP contribution in [0, 0.1) is 5.92 Å². The summed E-state index contributed by atoms with van der Waals surface area (Å²) in [4.78, 5) is 5.86. The van der Waals surface area contributed by atoms with Crippen LogP contribution in [0.25, 0.3) is 22.0 Å². The third-order valence-electron chi connectivity index (χ3n) is 7.21. The average molecular weight is 457 g/mol. The van der Waals surface area contributed by atoms with Crippen molar-refractivity contribution >= 4 is 22.0 Å². The quantitative estimate of drug-likeness (QED) is 0.397. The van der Waals surface area contributed by atoms with Crippen LogP contribution in [0.1, 0.15) is 40.8 Å². The summed E-state index contributed by atoms with van der Waals surface area (Å²) in [5, 5.41) is 8.43. The van der Waals surface area contributed by atoms with Gasteiger partial charge in [-0.05, 0) is 77.4 Å². The van der Waals surface area contributed by atoms with Gasteiger partial charge in [-0.25, -0.2) is 0 Å². The van der Waals surface area contributed by atoms with E-state index in [1.54, 1.807) is 7.11 Å². The second-order valence-electron chi connectivity index (χ2n) is 9.53. The molecule has 1 aliphatic heterocycles. The first kappa shape index (κ1) is 21.2. The Hall–Kier alpha value is -3.38. The summed E-state index contributed by atoms with van der Waals surface area (Å²) in [5.41, 5.74) is 9.86. The highest BCUT2D eigenvalue weighted by molar-refractivity contribution is 6.01. The topological polar surface area (TPSA) is 56.9 Å². The molecule has 6 rings (SSSR count). The van der Waals surface area contributed by atoms with Crippen molar-refractivity contribution in [3.8, 4) is 5.75 Å². The minimum Gasteiger partial charge on any atom is -0.497 e. The number of aryl methyl sites for hydroxylation is 1. The van der Waals surface area contributed by atoms with Crippen LogP contribution in [0.3, 0.4) is 0 Å². The number of aromatic amines is 2. The van der Waals surface area contributed by atoms with Crippen LogP contribution < -0.4 is 4.74 Å². The highest BCUT2D eigenvalue weighted by atomic mass is 19.1. The van der Waals surface area contributed by atoms with Crippen molar-refractivity contribution in [2.24, 2.45) is 5.92 Å². The molecule has 2 aliphatic rings. The maximum atomic E-state index is 12.8. The molecule has 34 heavy (non-hydrogen) atoms. The fourth-order valence-corrected chi connectivity index (χ4v) is 5.50. The number of aromatic nitrogens is 3. The average Bonchev–Trinajstić information content (AvgIpc) is 3.46. The Morgan fingerprint density at radius 1 is 1.09 bits per heavy atom. The van der Waals surface area contributed by atoms with E-state index in [2.05, 4.69) is 62.5 Å². The lowest BCUT2D eigenvalue weighted by atomic mass is 9.88. The monoisotopic (exact) mass is 456 g/mol. The summed E-state index contributed by atoms with van der Waals surface area (Å²) in [6.45, 7) is 2.32. The van der Waals surface area contributed by atoms with Gasteiger partial charge in [-0.2, -0.15) is 5.10 Å². The summed E-state index contributed by atoms with van der Waals surface area (Å²) in [7, 11) is 1.72. The molecule has 1 fully saturated rings. The van der Waals surface area contributed by atoms with Crippen molar-refractivity contribution < 1.29 is 9.13 Å².